The monoisotopic (exact) mass is 495 g/mol. The number of carbonyl (C=O) groups excluding carboxylic acids is 2. The van der Waals surface area contributed by atoms with Gasteiger partial charge in [-0.3, -0.25) is 14.9 Å². The van der Waals surface area contributed by atoms with E-state index in [4.69, 9.17) is 17.0 Å². The number of amides is 2. The van der Waals surface area contributed by atoms with Crippen LogP contribution in [0.2, 0.25) is 0 Å². The molecule has 0 aliphatic rings. The second-order valence-corrected chi connectivity index (χ2v) is 8.33. The van der Waals surface area contributed by atoms with Crippen molar-refractivity contribution in [2.75, 3.05) is 17.2 Å². The van der Waals surface area contributed by atoms with Gasteiger partial charge in [-0.05, 0) is 72.4 Å². The van der Waals surface area contributed by atoms with Gasteiger partial charge in [0.1, 0.15) is 5.75 Å². The summed E-state index contributed by atoms with van der Waals surface area (Å²) in [6, 6.07) is 33.0. The summed E-state index contributed by atoms with van der Waals surface area (Å²) in [5, 5.41) is 8.64. The second-order valence-electron chi connectivity index (χ2n) is 7.92. The molecule has 2 amide bonds. The maximum Gasteiger partial charge on any atom is 0.257 e. The van der Waals surface area contributed by atoms with Crippen molar-refractivity contribution in [1.82, 2.24) is 5.32 Å². The lowest BCUT2D eigenvalue weighted by atomic mass is 10.2. The molecule has 0 aliphatic carbocycles. The zero-order valence-electron chi connectivity index (χ0n) is 19.4. The van der Waals surface area contributed by atoms with Gasteiger partial charge >= 0.3 is 0 Å². The van der Waals surface area contributed by atoms with Gasteiger partial charge in [0, 0.05) is 28.9 Å². The summed E-state index contributed by atoms with van der Waals surface area (Å²) in [6.45, 7) is 0.550. The molecule has 0 radical (unpaired) electrons. The van der Waals surface area contributed by atoms with Crippen LogP contribution in [0.1, 0.15) is 26.3 Å². The minimum absolute atomic E-state index is 0.148. The second kappa shape index (κ2) is 12.3. The van der Waals surface area contributed by atoms with Crippen LogP contribution in [0, 0.1) is 0 Å². The van der Waals surface area contributed by atoms with Crippen LogP contribution < -0.4 is 20.7 Å². The zero-order valence-corrected chi connectivity index (χ0v) is 20.3. The van der Waals surface area contributed by atoms with Gasteiger partial charge < -0.3 is 15.4 Å². The molecule has 0 unspecified atom stereocenters. The lowest BCUT2D eigenvalue weighted by molar-refractivity contribution is 0.0976. The maximum absolute atomic E-state index is 12.6. The topological polar surface area (TPSA) is 79.5 Å². The Hall–Kier alpha value is -4.49. The number of ether oxygens (including phenoxy) is 1. The van der Waals surface area contributed by atoms with Crippen LogP contribution in [-0.4, -0.2) is 23.5 Å². The van der Waals surface area contributed by atoms with Crippen molar-refractivity contribution in [2.24, 2.45) is 0 Å². The van der Waals surface area contributed by atoms with E-state index in [9.17, 15) is 9.59 Å². The normalized spacial score (nSPS) is 10.2. The van der Waals surface area contributed by atoms with Crippen molar-refractivity contribution < 1.29 is 14.3 Å². The van der Waals surface area contributed by atoms with E-state index in [0.717, 1.165) is 6.42 Å². The first-order valence-electron chi connectivity index (χ1n) is 11.4. The maximum atomic E-state index is 12.6. The van der Waals surface area contributed by atoms with Crippen LogP contribution in [0.15, 0.2) is 109 Å². The summed E-state index contributed by atoms with van der Waals surface area (Å²) in [6.07, 6.45) is 0.806. The van der Waals surface area contributed by atoms with Crippen molar-refractivity contribution in [2.45, 2.75) is 6.42 Å². The van der Waals surface area contributed by atoms with Gasteiger partial charge in [0.15, 0.2) is 5.11 Å². The minimum atomic E-state index is -0.336. The van der Waals surface area contributed by atoms with E-state index in [2.05, 4.69) is 28.1 Å². The zero-order chi connectivity index (χ0) is 25.2. The van der Waals surface area contributed by atoms with Crippen LogP contribution in [0.5, 0.6) is 5.75 Å². The number of carbonyl (C=O) groups is 2. The number of nitrogens with one attached hydrogen (secondary N) is 3. The summed E-state index contributed by atoms with van der Waals surface area (Å²) in [5.41, 5.74) is 3.46. The van der Waals surface area contributed by atoms with E-state index < -0.39 is 0 Å². The molecular formula is C29H25N3O3S. The number of hydrogen-bond donors (Lipinski definition) is 3. The molecule has 0 heterocycles. The highest BCUT2D eigenvalue weighted by Gasteiger charge is 2.10. The molecule has 0 saturated carbocycles. The van der Waals surface area contributed by atoms with Crippen molar-refractivity contribution in [1.29, 1.82) is 0 Å². The SMILES string of the molecule is O=C(NC(=S)Nc1cccc(NC(=O)c2ccccc2)c1)c1ccc(OCCc2ccccc2)cc1. The number of hydrogen-bond acceptors (Lipinski definition) is 4. The third kappa shape index (κ3) is 7.25. The Bertz CT molecular complexity index is 1330. The van der Waals surface area contributed by atoms with Gasteiger partial charge in [0.2, 0.25) is 0 Å². The Balaban J connectivity index is 1.26. The largest absolute Gasteiger partial charge is 0.493 e. The van der Waals surface area contributed by atoms with E-state index in [0.29, 0.717) is 34.9 Å². The highest BCUT2D eigenvalue weighted by atomic mass is 32.1. The van der Waals surface area contributed by atoms with Crippen LogP contribution in [-0.2, 0) is 6.42 Å². The summed E-state index contributed by atoms with van der Waals surface area (Å²) in [4.78, 5) is 25.0. The van der Waals surface area contributed by atoms with Crippen LogP contribution >= 0.6 is 12.2 Å². The van der Waals surface area contributed by atoms with Crippen molar-refractivity contribution in [3.63, 3.8) is 0 Å². The number of benzene rings is 4. The van der Waals surface area contributed by atoms with Gasteiger partial charge in [-0.25, -0.2) is 0 Å². The summed E-state index contributed by atoms with van der Waals surface area (Å²) >= 11 is 5.29. The van der Waals surface area contributed by atoms with E-state index >= 15 is 0 Å². The van der Waals surface area contributed by atoms with E-state index in [1.54, 1.807) is 72.8 Å². The molecule has 6 nitrogen and oxygen atoms in total. The Morgan fingerprint density at radius 1 is 0.667 bits per heavy atom. The molecule has 0 spiro atoms. The van der Waals surface area contributed by atoms with E-state index in [-0.39, 0.29) is 16.9 Å². The fourth-order valence-corrected chi connectivity index (χ4v) is 3.65. The molecule has 4 aromatic carbocycles. The lowest BCUT2D eigenvalue weighted by Crippen LogP contribution is -2.34. The van der Waals surface area contributed by atoms with Crippen LogP contribution in [0.25, 0.3) is 0 Å². The summed E-state index contributed by atoms with van der Waals surface area (Å²) in [7, 11) is 0. The average molecular weight is 496 g/mol. The van der Waals surface area contributed by atoms with Gasteiger partial charge in [-0.15, -0.1) is 0 Å². The van der Waals surface area contributed by atoms with Crippen molar-refractivity contribution >= 4 is 40.5 Å². The molecule has 180 valence electrons. The highest BCUT2D eigenvalue weighted by Crippen LogP contribution is 2.17. The number of anilines is 2. The average Bonchev–Trinajstić information content (AvgIpc) is 2.90. The fraction of sp³-hybridized carbons (Fsp3) is 0.0690. The Morgan fingerprint density at radius 2 is 1.28 bits per heavy atom. The van der Waals surface area contributed by atoms with Gasteiger partial charge in [-0.1, -0.05) is 54.6 Å². The van der Waals surface area contributed by atoms with Gasteiger partial charge in [0.25, 0.3) is 11.8 Å². The molecule has 4 rings (SSSR count). The first-order valence-corrected chi connectivity index (χ1v) is 11.8. The molecule has 36 heavy (non-hydrogen) atoms. The molecule has 4 aromatic rings. The van der Waals surface area contributed by atoms with Gasteiger partial charge in [0.05, 0.1) is 6.61 Å². The molecule has 0 aromatic heterocycles. The van der Waals surface area contributed by atoms with E-state index in [1.807, 2.05) is 24.3 Å². The minimum Gasteiger partial charge on any atom is -0.493 e. The number of thiocarbonyl (C=S) groups is 1. The highest BCUT2D eigenvalue weighted by molar-refractivity contribution is 7.80. The van der Waals surface area contributed by atoms with Crippen molar-refractivity contribution in [3.05, 3.63) is 126 Å². The van der Waals surface area contributed by atoms with E-state index in [1.165, 1.54) is 5.56 Å². The third-order valence-electron chi connectivity index (χ3n) is 5.26. The lowest BCUT2D eigenvalue weighted by Gasteiger charge is -2.12. The molecule has 7 heteroatoms. The first-order chi connectivity index (χ1) is 17.6. The smallest absolute Gasteiger partial charge is 0.257 e. The predicted octanol–water partition coefficient (Wildman–Crippen LogP) is 5.69. The van der Waals surface area contributed by atoms with Crippen LogP contribution in [0.3, 0.4) is 0 Å². The summed E-state index contributed by atoms with van der Waals surface area (Å²) < 4.78 is 5.77. The number of rotatable bonds is 8. The molecule has 3 N–H and O–H groups in total. The molecular weight excluding hydrogens is 470 g/mol. The predicted molar refractivity (Wildman–Crippen MR) is 147 cm³/mol. The molecule has 0 saturated heterocycles. The quantitative estimate of drug-likeness (QED) is 0.274. The van der Waals surface area contributed by atoms with Crippen LogP contribution in [0.4, 0.5) is 11.4 Å². The Morgan fingerprint density at radius 3 is 1.97 bits per heavy atom. The first kappa shape index (κ1) is 24.6. The van der Waals surface area contributed by atoms with Crippen molar-refractivity contribution in [3.8, 4) is 5.75 Å². The van der Waals surface area contributed by atoms with Gasteiger partial charge in [-0.2, -0.15) is 0 Å². The molecule has 0 atom stereocenters. The summed E-state index contributed by atoms with van der Waals surface area (Å²) in [5.74, 6) is 0.144. The third-order valence-corrected chi connectivity index (χ3v) is 5.46. The Kier molecular flexibility index (Phi) is 8.40. The molecule has 0 bridgehead atoms. The standard InChI is InChI=1S/C29H25N3O3S/c33-27(22-10-5-2-6-11-22)30-24-12-7-13-25(20-24)31-29(36)32-28(34)23-14-16-26(17-15-23)35-19-18-21-8-3-1-4-9-21/h1-17,20H,18-19H2,(H,30,33)(H2,31,32,34,36). The molecule has 0 fully saturated rings. The Labute approximate surface area is 215 Å². The molecule has 0 aliphatic heterocycles. The fourth-order valence-electron chi connectivity index (χ4n) is 3.44.